The predicted octanol–water partition coefficient (Wildman–Crippen LogP) is 5.07. The zero-order chi connectivity index (χ0) is 32.4. The van der Waals surface area contributed by atoms with Crippen molar-refractivity contribution in [3.8, 4) is 23.0 Å². The van der Waals surface area contributed by atoms with Crippen LogP contribution in [0.15, 0.2) is 60.7 Å². The zero-order valence-electron chi connectivity index (χ0n) is 26.6. The Hall–Kier alpha value is -3.95. The number of methoxy groups -OCH3 is 4. The van der Waals surface area contributed by atoms with Crippen LogP contribution >= 0.6 is 11.6 Å². The molecule has 3 aromatic carbocycles. The van der Waals surface area contributed by atoms with Gasteiger partial charge in [0.15, 0.2) is 11.5 Å². The van der Waals surface area contributed by atoms with Gasteiger partial charge in [0, 0.05) is 30.1 Å². The van der Waals surface area contributed by atoms with Gasteiger partial charge >= 0.3 is 0 Å². The predicted molar refractivity (Wildman–Crippen MR) is 174 cm³/mol. The number of likely N-dealkylation sites (N-methyl/N-ethyl adjacent to an activating group) is 1. The van der Waals surface area contributed by atoms with Crippen molar-refractivity contribution in [2.75, 3.05) is 54.6 Å². The Morgan fingerprint density at radius 1 is 0.867 bits per heavy atom. The van der Waals surface area contributed by atoms with Crippen LogP contribution in [0.4, 0.5) is 0 Å². The Bertz CT molecular complexity index is 1530. The Morgan fingerprint density at radius 3 is 2.09 bits per heavy atom. The van der Waals surface area contributed by atoms with E-state index in [0.29, 0.717) is 72.5 Å². The molecule has 2 heterocycles. The molecule has 0 radical (unpaired) electrons. The second-order valence-corrected chi connectivity index (χ2v) is 12.2. The second kappa shape index (κ2) is 13.2. The first-order chi connectivity index (χ1) is 21.7. The molecule has 10 heteroatoms. The lowest BCUT2D eigenvalue weighted by Gasteiger charge is -2.52. The van der Waals surface area contributed by atoms with Crippen molar-refractivity contribution in [3.05, 3.63) is 82.4 Å². The maximum Gasteiger partial charge on any atom is 0.254 e. The molecule has 2 saturated heterocycles. The standard InChI is InChI=1S/C35H42ClN3O6/c1-6-38-16-14-34(33(37)41,24-10-8-7-9-11-24)21-30(38)35(25-12-13-27(42-2)26(36)20-25)15-17-39(22-35)32(40)23-18-28(43-3)31(45-5)29(19-23)44-4/h7-13,18-20,30H,6,14-17,21-22H2,1-5H3,(H2,37,41). The summed E-state index contributed by atoms with van der Waals surface area (Å²) in [4.78, 5) is 31.9. The maximum absolute atomic E-state index is 14.2. The fraction of sp³-hybridized carbons (Fsp3) is 0.429. The molecule has 45 heavy (non-hydrogen) atoms. The highest BCUT2D eigenvalue weighted by atomic mass is 35.5. The number of ether oxygens (including phenoxy) is 4. The molecule has 0 aliphatic carbocycles. The summed E-state index contributed by atoms with van der Waals surface area (Å²) in [6.07, 6.45) is 1.79. The van der Waals surface area contributed by atoms with Crippen LogP contribution in [0.25, 0.3) is 0 Å². The Kier molecular flexibility index (Phi) is 9.51. The highest BCUT2D eigenvalue weighted by Crippen LogP contribution is 2.50. The first-order valence-corrected chi connectivity index (χ1v) is 15.6. The van der Waals surface area contributed by atoms with E-state index in [2.05, 4.69) is 11.8 Å². The second-order valence-electron chi connectivity index (χ2n) is 11.8. The summed E-state index contributed by atoms with van der Waals surface area (Å²) in [6, 6.07) is 18.9. The monoisotopic (exact) mass is 635 g/mol. The number of rotatable bonds is 10. The molecule has 2 aliphatic heterocycles. The van der Waals surface area contributed by atoms with Crippen molar-refractivity contribution in [1.82, 2.24) is 9.80 Å². The Morgan fingerprint density at radius 2 is 1.53 bits per heavy atom. The number of carbonyl (C=O) groups is 2. The van der Waals surface area contributed by atoms with Gasteiger partial charge in [0.2, 0.25) is 11.7 Å². The summed E-state index contributed by atoms with van der Waals surface area (Å²) < 4.78 is 22.0. The average molecular weight is 636 g/mol. The zero-order valence-corrected chi connectivity index (χ0v) is 27.4. The highest BCUT2D eigenvalue weighted by Gasteiger charge is 2.55. The first kappa shape index (κ1) is 32.4. The number of amides is 2. The van der Waals surface area contributed by atoms with Crippen LogP contribution < -0.4 is 24.7 Å². The number of benzene rings is 3. The van der Waals surface area contributed by atoms with Crippen LogP contribution in [-0.2, 0) is 15.6 Å². The smallest absolute Gasteiger partial charge is 0.254 e. The molecule has 3 aromatic rings. The minimum Gasteiger partial charge on any atom is -0.495 e. The number of carbonyl (C=O) groups excluding carboxylic acids is 2. The third-order valence-corrected chi connectivity index (χ3v) is 10.2. The summed E-state index contributed by atoms with van der Waals surface area (Å²) >= 11 is 6.74. The van der Waals surface area contributed by atoms with E-state index in [1.807, 2.05) is 53.4 Å². The van der Waals surface area contributed by atoms with E-state index in [9.17, 15) is 9.59 Å². The number of primary amides is 1. The fourth-order valence-electron chi connectivity index (χ4n) is 7.43. The largest absolute Gasteiger partial charge is 0.495 e. The third kappa shape index (κ3) is 5.68. The van der Waals surface area contributed by atoms with Crippen LogP contribution in [0, 0.1) is 0 Å². The molecule has 0 spiro atoms. The van der Waals surface area contributed by atoms with E-state index in [1.165, 1.54) is 21.3 Å². The topological polar surface area (TPSA) is 104 Å². The molecule has 3 unspecified atom stereocenters. The molecule has 2 amide bonds. The van der Waals surface area contributed by atoms with Gasteiger partial charge in [-0.25, -0.2) is 0 Å². The van der Waals surface area contributed by atoms with Crippen molar-refractivity contribution >= 4 is 23.4 Å². The number of hydrogen-bond donors (Lipinski definition) is 1. The van der Waals surface area contributed by atoms with Crippen molar-refractivity contribution in [2.45, 2.75) is 43.1 Å². The highest BCUT2D eigenvalue weighted by molar-refractivity contribution is 6.32. The summed E-state index contributed by atoms with van der Waals surface area (Å²) in [5, 5.41) is 0.492. The van der Waals surface area contributed by atoms with E-state index >= 15 is 0 Å². The first-order valence-electron chi connectivity index (χ1n) is 15.2. The average Bonchev–Trinajstić information content (AvgIpc) is 3.53. The van der Waals surface area contributed by atoms with Gasteiger partial charge in [0.25, 0.3) is 5.91 Å². The summed E-state index contributed by atoms with van der Waals surface area (Å²) in [5.74, 6) is 1.33. The van der Waals surface area contributed by atoms with Gasteiger partial charge in [-0.05, 0) is 67.7 Å². The van der Waals surface area contributed by atoms with Gasteiger partial charge in [0.1, 0.15) is 5.75 Å². The molecule has 240 valence electrons. The molecular formula is C35H42ClN3O6. The van der Waals surface area contributed by atoms with E-state index in [4.69, 9.17) is 36.3 Å². The molecule has 3 atom stereocenters. The number of nitrogens with zero attached hydrogens (tertiary/aromatic N) is 2. The minimum absolute atomic E-state index is 0.119. The van der Waals surface area contributed by atoms with Crippen LogP contribution in [0.3, 0.4) is 0 Å². The minimum atomic E-state index is -0.852. The van der Waals surface area contributed by atoms with Gasteiger partial charge in [0.05, 0.1) is 38.9 Å². The molecule has 2 aliphatic rings. The van der Waals surface area contributed by atoms with Gasteiger partial charge in [-0.15, -0.1) is 0 Å². The summed E-state index contributed by atoms with van der Waals surface area (Å²) in [6.45, 7) is 4.51. The van der Waals surface area contributed by atoms with Crippen molar-refractivity contribution < 1.29 is 28.5 Å². The normalized spacial score (nSPS) is 23.4. The number of likely N-dealkylation sites (tertiary alicyclic amines) is 2. The van der Waals surface area contributed by atoms with E-state index in [-0.39, 0.29) is 17.9 Å². The molecule has 0 saturated carbocycles. The lowest BCUT2D eigenvalue weighted by atomic mass is 9.61. The van der Waals surface area contributed by atoms with Crippen LogP contribution in [0.2, 0.25) is 5.02 Å². The maximum atomic E-state index is 14.2. The fourth-order valence-corrected chi connectivity index (χ4v) is 7.69. The van der Waals surface area contributed by atoms with Crippen molar-refractivity contribution in [3.63, 3.8) is 0 Å². The summed E-state index contributed by atoms with van der Waals surface area (Å²) in [5.41, 5.74) is 7.19. The van der Waals surface area contributed by atoms with Crippen LogP contribution in [-0.4, -0.2) is 82.3 Å². The van der Waals surface area contributed by atoms with Crippen LogP contribution in [0.5, 0.6) is 23.0 Å². The van der Waals surface area contributed by atoms with Crippen molar-refractivity contribution in [1.29, 1.82) is 0 Å². The SMILES string of the molecule is CCN1CCC(C(N)=O)(c2ccccc2)CC1C1(c2ccc(OC)c(Cl)c2)CCN(C(=O)c2cc(OC)c(OC)c(OC)c2)C1. The third-order valence-electron chi connectivity index (χ3n) is 9.88. The molecular weight excluding hydrogens is 594 g/mol. The van der Waals surface area contributed by atoms with Gasteiger partial charge < -0.3 is 29.6 Å². The van der Waals surface area contributed by atoms with Crippen LogP contribution in [0.1, 0.15) is 47.7 Å². The molecule has 2 N–H and O–H groups in total. The van der Waals surface area contributed by atoms with E-state index in [0.717, 1.165) is 17.7 Å². The molecule has 5 rings (SSSR count). The van der Waals surface area contributed by atoms with E-state index < -0.39 is 10.8 Å². The van der Waals surface area contributed by atoms with Gasteiger partial charge in [-0.3, -0.25) is 14.5 Å². The number of piperidine rings is 1. The molecule has 9 nitrogen and oxygen atoms in total. The van der Waals surface area contributed by atoms with E-state index in [1.54, 1.807) is 19.2 Å². The number of hydrogen-bond acceptors (Lipinski definition) is 7. The quantitative estimate of drug-likeness (QED) is 0.332. The van der Waals surface area contributed by atoms with Gasteiger partial charge in [-0.1, -0.05) is 54.9 Å². The summed E-state index contributed by atoms with van der Waals surface area (Å²) in [7, 11) is 6.17. The van der Waals surface area contributed by atoms with Gasteiger partial charge in [-0.2, -0.15) is 0 Å². The van der Waals surface area contributed by atoms with Crippen molar-refractivity contribution in [2.24, 2.45) is 5.73 Å². The molecule has 0 bridgehead atoms. The lowest BCUT2D eigenvalue weighted by molar-refractivity contribution is -0.127. The lowest BCUT2D eigenvalue weighted by Crippen LogP contribution is -2.61. The number of halogens is 1. The number of nitrogens with two attached hydrogens (primary N) is 1. The molecule has 0 aromatic heterocycles. The molecule has 2 fully saturated rings. The Balaban J connectivity index is 1.61. The Labute approximate surface area is 270 Å².